The summed E-state index contributed by atoms with van der Waals surface area (Å²) >= 11 is 0. The average molecular weight is 259 g/mol. The molecule has 0 heterocycles. The summed E-state index contributed by atoms with van der Waals surface area (Å²) < 4.78 is 19.5. The number of nitrogens with two attached hydrogens (primary N) is 1. The lowest BCUT2D eigenvalue weighted by Gasteiger charge is -2.16. The Labute approximate surface area is 113 Å². The van der Waals surface area contributed by atoms with Crippen LogP contribution in [0.1, 0.15) is 29.7 Å². The van der Waals surface area contributed by atoms with E-state index in [1.54, 1.807) is 13.0 Å². The van der Waals surface area contributed by atoms with Gasteiger partial charge in [-0.3, -0.25) is 0 Å². The second-order valence-electron chi connectivity index (χ2n) is 4.80. The van der Waals surface area contributed by atoms with Crippen molar-refractivity contribution < 1.29 is 9.13 Å². The minimum atomic E-state index is -0.283. The van der Waals surface area contributed by atoms with E-state index in [0.717, 1.165) is 11.3 Å². The molecule has 2 aromatic carbocycles. The Hall–Kier alpha value is -1.87. The maximum Gasteiger partial charge on any atom is 0.132 e. The molecule has 0 unspecified atom stereocenters. The Balaban J connectivity index is 2.45. The lowest BCUT2D eigenvalue weighted by Crippen LogP contribution is -2.08. The van der Waals surface area contributed by atoms with Gasteiger partial charge in [-0.15, -0.1) is 0 Å². The second-order valence-corrected chi connectivity index (χ2v) is 4.80. The van der Waals surface area contributed by atoms with E-state index >= 15 is 0 Å². The second kappa shape index (κ2) is 5.41. The summed E-state index contributed by atoms with van der Waals surface area (Å²) in [5.41, 5.74) is 8.13. The van der Waals surface area contributed by atoms with Crippen molar-refractivity contribution >= 4 is 0 Å². The van der Waals surface area contributed by atoms with Gasteiger partial charge in [0.15, 0.2) is 0 Å². The number of aryl methyl sites for hydroxylation is 2. The zero-order valence-corrected chi connectivity index (χ0v) is 11.4. The predicted octanol–water partition coefficient (Wildman–Crippen LogP) is 4.25. The van der Waals surface area contributed by atoms with Gasteiger partial charge < -0.3 is 10.5 Å². The van der Waals surface area contributed by atoms with Gasteiger partial charge in [-0.05, 0) is 50.1 Å². The Morgan fingerprint density at radius 2 is 1.74 bits per heavy atom. The number of para-hydroxylation sites is 1. The first-order chi connectivity index (χ1) is 8.99. The summed E-state index contributed by atoms with van der Waals surface area (Å²) in [6.45, 7) is 5.50. The number of ether oxygens (including phenoxy) is 1. The number of hydrogen-bond acceptors (Lipinski definition) is 2. The zero-order valence-electron chi connectivity index (χ0n) is 11.4. The number of benzene rings is 2. The molecule has 0 amide bonds. The quantitative estimate of drug-likeness (QED) is 0.894. The monoisotopic (exact) mass is 259 g/mol. The van der Waals surface area contributed by atoms with Crippen LogP contribution in [-0.4, -0.2) is 0 Å². The van der Waals surface area contributed by atoms with Crippen molar-refractivity contribution in [1.29, 1.82) is 0 Å². The van der Waals surface area contributed by atoms with E-state index in [-0.39, 0.29) is 11.9 Å². The molecule has 0 bridgehead atoms. The number of rotatable bonds is 3. The van der Waals surface area contributed by atoms with Crippen LogP contribution in [0.2, 0.25) is 0 Å². The molecule has 0 aliphatic carbocycles. The third kappa shape index (κ3) is 2.93. The minimum absolute atomic E-state index is 0.260. The van der Waals surface area contributed by atoms with Crippen LogP contribution < -0.4 is 10.5 Å². The summed E-state index contributed by atoms with van der Waals surface area (Å²) in [7, 11) is 0. The highest BCUT2D eigenvalue weighted by Crippen LogP contribution is 2.32. The van der Waals surface area contributed by atoms with Crippen molar-refractivity contribution in [3.05, 3.63) is 58.9 Å². The molecule has 2 N–H and O–H groups in total. The first kappa shape index (κ1) is 13.6. The molecule has 3 heteroatoms. The van der Waals surface area contributed by atoms with Crippen LogP contribution >= 0.6 is 0 Å². The molecule has 2 nitrogen and oxygen atoms in total. The van der Waals surface area contributed by atoms with Gasteiger partial charge in [0.2, 0.25) is 0 Å². The lowest BCUT2D eigenvalue weighted by molar-refractivity contribution is 0.465. The van der Waals surface area contributed by atoms with E-state index in [0.29, 0.717) is 16.9 Å². The van der Waals surface area contributed by atoms with Crippen molar-refractivity contribution in [2.75, 3.05) is 0 Å². The fourth-order valence-electron chi connectivity index (χ4n) is 1.90. The van der Waals surface area contributed by atoms with Gasteiger partial charge in [0.1, 0.15) is 17.3 Å². The summed E-state index contributed by atoms with van der Waals surface area (Å²) in [4.78, 5) is 0. The molecule has 0 saturated heterocycles. The predicted molar refractivity (Wildman–Crippen MR) is 75.0 cm³/mol. The Bertz CT molecular complexity index is 593. The highest BCUT2D eigenvalue weighted by atomic mass is 19.1. The van der Waals surface area contributed by atoms with Gasteiger partial charge >= 0.3 is 0 Å². The highest BCUT2D eigenvalue weighted by Gasteiger charge is 2.13. The molecule has 0 spiro atoms. The van der Waals surface area contributed by atoms with E-state index in [4.69, 9.17) is 10.5 Å². The molecule has 0 aliphatic rings. The van der Waals surface area contributed by atoms with Crippen LogP contribution in [-0.2, 0) is 0 Å². The first-order valence-corrected chi connectivity index (χ1v) is 6.28. The summed E-state index contributed by atoms with van der Waals surface area (Å²) in [5, 5.41) is 0. The SMILES string of the molecule is Cc1cc(Oc2ccccc2C)c([C@@H](C)N)cc1F. The molecular formula is C16H18FNO. The van der Waals surface area contributed by atoms with Gasteiger partial charge in [0.05, 0.1) is 0 Å². The van der Waals surface area contributed by atoms with E-state index in [1.165, 1.54) is 6.07 Å². The van der Waals surface area contributed by atoms with Crippen LogP contribution in [0.5, 0.6) is 11.5 Å². The standard InChI is InChI=1S/C16H18FNO/c1-10-6-4-5-7-15(10)19-16-8-11(2)14(17)9-13(16)12(3)18/h4-9,12H,18H2,1-3H3/t12-/m1/s1. The Kier molecular flexibility index (Phi) is 3.86. The fraction of sp³-hybridized carbons (Fsp3) is 0.250. The van der Waals surface area contributed by atoms with Gasteiger partial charge in [-0.25, -0.2) is 4.39 Å². The molecular weight excluding hydrogens is 241 g/mol. The largest absolute Gasteiger partial charge is 0.457 e. The molecule has 19 heavy (non-hydrogen) atoms. The lowest BCUT2D eigenvalue weighted by atomic mass is 10.0. The van der Waals surface area contributed by atoms with E-state index in [2.05, 4.69) is 0 Å². The smallest absolute Gasteiger partial charge is 0.132 e. The van der Waals surface area contributed by atoms with E-state index in [1.807, 2.05) is 38.1 Å². The topological polar surface area (TPSA) is 35.2 Å². The molecule has 100 valence electrons. The Morgan fingerprint density at radius 3 is 2.37 bits per heavy atom. The average Bonchev–Trinajstić information content (AvgIpc) is 2.36. The maximum atomic E-state index is 13.6. The molecule has 0 aromatic heterocycles. The highest BCUT2D eigenvalue weighted by molar-refractivity contribution is 5.44. The fourth-order valence-corrected chi connectivity index (χ4v) is 1.90. The molecule has 0 aliphatic heterocycles. The maximum absolute atomic E-state index is 13.6. The van der Waals surface area contributed by atoms with E-state index in [9.17, 15) is 4.39 Å². The van der Waals surface area contributed by atoms with Gasteiger partial charge in [0.25, 0.3) is 0 Å². The first-order valence-electron chi connectivity index (χ1n) is 6.28. The van der Waals surface area contributed by atoms with Crippen molar-refractivity contribution in [3.63, 3.8) is 0 Å². The van der Waals surface area contributed by atoms with Crippen LogP contribution in [0.4, 0.5) is 4.39 Å². The van der Waals surface area contributed by atoms with Crippen LogP contribution in [0, 0.1) is 19.7 Å². The molecule has 0 radical (unpaired) electrons. The minimum Gasteiger partial charge on any atom is -0.457 e. The molecule has 2 rings (SSSR count). The third-order valence-electron chi connectivity index (χ3n) is 3.10. The van der Waals surface area contributed by atoms with Gasteiger partial charge in [0, 0.05) is 11.6 Å². The normalized spacial score (nSPS) is 12.3. The number of hydrogen-bond donors (Lipinski definition) is 1. The molecule has 0 fully saturated rings. The van der Waals surface area contributed by atoms with Crippen LogP contribution in [0.15, 0.2) is 36.4 Å². The third-order valence-corrected chi connectivity index (χ3v) is 3.10. The van der Waals surface area contributed by atoms with Crippen molar-refractivity contribution in [2.45, 2.75) is 26.8 Å². The molecule has 2 aromatic rings. The van der Waals surface area contributed by atoms with E-state index < -0.39 is 0 Å². The van der Waals surface area contributed by atoms with Crippen LogP contribution in [0.3, 0.4) is 0 Å². The molecule has 0 saturated carbocycles. The van der Waals surface area contributed by atoms with Crippen molar-refractivity contribution in [3.8, 4) is 11.5 Å². The molecule has 1 atom stereocenters. The van der Waals surface area contributed by atoms with Crippen LogP contribution in [0.25, 0.3) is 0 Å². The van der Waals surface area contributed by atoms with Gasteiger partial charge in [-0.1, -0.05) is 18.2 Å². The zero-order chi connectivity index (χ0) is 14.0. The Morgan fingerprint density at radius 1 is 1.05 bits per heavy atom. The number of halogens is 1. The summed E-state index contributed by atoms with van der Waals surface area (Å²) in [6, 6.07) is 10.6. The van der Waals surface area contributed by atoms with Gasteiger partial charge in [-0.2, -0.15) is 0 Å². The van der Waals surface area contributed by atoms with Crippen molar-refractivity contribution in [2.24, 2.45) is 5.73 Å². The summed E-state index contributed by atoms with van der Waals surface area (Å²) in [6.07, 6.45) is 0. The van der Waals surface area contributed by atoms with Crippen molar-refractivity contribution in [1.82, 2.24) is 0 Å². The summed E-state index contributed by atoms with van der Waals surface area (Å²) in [5.74, 6) is 1.11.